The Morgan fingerprint density at radius 1 is 0.709 bits per heavy atom. The molecule has 0 fully saturated rings. The number of hydrogen-bond acceptors (Lipinski definition) is 8. The number of aliphatic hydroxyl groups excluding tert-OH is 1. The number of nitrogens with zero attached hydrogens (tertiary/aromatic N) is 5. The van der Waals surface area contributed by atoms with Crippen LogP contribution in [0.1, 0.15) is 47.5 Å². The van der Waals surface area contributed by atoms with Gasteiger partial charge in [-0.1, -0.05) is 153 Å². The summed E-state index contributed by atoms with van der Waals surface area (Å²) >= 11 is 0. The van der Waals surface area contributed by atoms with Crippen molar-refractivity contribution in [2.24, 2.45) is 0 Å². The summed E-state index contributed by atoms with van der Waals surface area (Å²) in [5.74, 6) is 1.77. The van der Waals surface area contributed by atoms with Gasteiger partial charge in [0.15, 0.2) is 17.3 Å². The number of benzene rings is 5. The van der Waals surface area contributed by atoms with Gasteiger partial charge in [0.1, 0.15) is 24.9 Å². The molecule has 1 unspecified atom stereocenters. The molecule has 0 aliphatic heterocycles. The first-order valence-electron chi connectivity index (χ1n) is 18.6. The summed E-state index contributed by atoms with van der Waals surface area (Å²) < 4.78 is 14.3. The van der Waals surface area contributed by atoms with Crippen LogP contribution in [0, 0.1) is 13.8 Å². The summed E-state index contributed by atoms with van der Waals surface area (Å²) in [4.78, 5) is 4.57. The van der Waals surface area contributed by atoms with Crippen molar-refractivity contribution in [1.29, 1.82) is 0 Å². The lowest BCUT2D eigenvalue weighted by Crippen LogP contribution is -2.39. The zero-order valence-electron chi connectivity index (χ0n) is 31.6. The van der Waals surface area contributed by atoms with E-state index < -0.39 is 11.6 Å². The minimum absolute atomic E-state index is 0.127. The molecular formula is C46H46N6O3. The Balaban J connectivity index is 1.20. The zero-order chi connectivity index (χ0) is 38.2. The predicted octanol–water partition coefficient (Wildman–Crippen LogP) is 8.18. The van der Waals surface area contributed by atoms with Crippen LogP contribution >= 0.6 is 0 Å². The standard InChI is InChI=1S/C46H46N6O3/c1-32(2)47-29-40(53)31-55-44-34(4)48-33(3)28-43(44)54-30-35-24-26-36(27-25-35)41-22-14-15-23-42(41)45-49-50-51-52(45)46(37-16-8-5-9-17-37,38-18-10-6-11-19-38)39-20-12-7-13-21-39/h5-28,32,40,47,53H,29-31H2,1-4H3. The summed E-state index contributed by atoms with van der Waals surface area (Å²) in [5, 5.41) is 27.5. The Morgan fingerprint density at radius 3 is 1.85 bits per heavy atom. The second-order valence-corrected chi connectivity index (χ2v) is 14.0. The van der Waals surface area contributed by atoms with Crippen molar-refractivity contribution in [3.05, 3.63) is 179 Å². The molecule has 55 heavy (non-hydrogen) atoms. The van der Waals surface area contributed by atoms with Crippen LogP contribution in [0.2, 0.25) is 0 Å². The van der Waals surface area contributed by atoms with Crippen LogP contribution in [-0.2, 0) is 12.1 Å². The number of pyridine rings is 1. The van der Waals surface area contributed by atoms with Gasteiger partial charge in [-0.05, 0) is 57.7 Å². The van der Waals surface area contributed by atoms with Crippen molar-refractivity contribution in [3.8, 4) is 34.0 Å². The average Bonchev–Trinajstić information content (AvgIpc) is 3.71. The van der Waals surface area contributed by atoms with E-state index in [1.54, 1.807) is 0 Å². The Hall–Kier alpha value is -6.16. The fraction of sp³-hybridized carbons (Fsp3) is 0.217. The molecule has 9 heteroatoms. The maximum absolute atomic E-state index is 10.5. The number of nitrogens with one attached hydrogen (secondary N) is 1. The van der Waals surface area contributed by atoms with E-state index in [1.807, 2.05) is 68.8 Å². The Labute approximate surface area is 322 Å². The number of aromatic nitrogens is 5. The van der Waals surface area contributed by atoms with E-state index in [-0.39, 0.29) is 12.6 Å². The van der Waals surface area contributed by atoms with Crippen LogP contribution in [-0.4, -0.2) is 55.6 Å². The van der Waals surface area contributed by atoms with Gasteiger partial charge in [0.25, 0.3) is 0 Å². The minimum Gasteiger partial charge on any atom is -0.485 e. The molecule has 0 amide bonds. The Bertz CT molecular complexity index is 2200. The van der Waals surface area contributed by atoms with Crippen LogP contribution < -0.4 is 14.8 Å². The van der Waals surface area contributed by atoms with Gasteiger partial charge in [-0.3, -0.25) is 4.98 Å². The maximum atomic E-state index is 10.5. The number of tetrazole rings is 1. The molecule has 0 radical (unpaired) electrons. The van der Waals surface area contributed by atoms with Gasteiger partial charge < -0.3 is 19.9 Å². The second-order valence-electron chi connectivity index (χ2n) is 14.0. The van der Waals surface area contributed by atoms with Crippen LogP contribution in [0.15, 0.2) is 146 Å². The van der Waals surface area contributed by atoms with E-state index in [4.69, 9.17) is 19.8 Å². The lowest BCUT2D eigenvalue weighted by Gasteiger charge is -2.36. The summed E-state index contributed by atoms with van der Waals surface area (Å²) in [7, 11) is 0. The van der Waals surface area contributed by atoms with Crippen LogP contribution in [0.3, 0.4) is 0 Å². The molecule has 0 bridgehead atoms. The monoisotopic (exact) mass is 730 g/mol. The molecule has 0 saturated carbocycles. The van der Waals surface area contributed by atoms with Gasteiger partial charge >= 0.3 is 0 Å². The summed E-state index contributed by atoms with van der Waals surface area (Å²) in [6, 6.07) is 50.0. The number of hydrogen-bond donors (Lipinski definition) is 2. The van der Waals surface area contributed by atoms with Crippen LogP contribution in [0.4, 0.5) is 0 Å². The van der Waals surface area contributed by atoms with E-state index in [0.29, 0.717) is 36.2 Å². The van der Waals surface area contributed by atoms with E-state index in [0.717, 1.165) is 44.6 Å². The maximum Gasteiger partial charge on any atom is 0.184 e. The highest BCUT2D eigenvalue weighted by atomic mass is 16.5. The highest BCUT2D eigenvalue weighted by molar-refractivity contribution is 5.81. The van der Waals surface area contributed by atoms with Crippen molar-refractivity contribution in [3.63, 3.8) is 0 Å². The van der Waals surface area contributed by atoms with E-state index >= 15 is 0 Å². The Kier molecular flexibility index (Phi) is 11.4. The zero-order valence-corrected chi connectivity index (χ0v) is 31.6. The molecular weight excluding hydrogens is 685 g/mol. The number of aryl methyl sites for hydroxylation is 2. The molecule has 7 aromatic rings. The predicted molar refractivity (Wildman–Crippen MR) is 216 cm³/mol. The van der Waals surface area contributed by atoms with Crippen molar-refractivity contribution in [2.45, 2.75) is 52.0 Å². The minimum atomic E-state index is -0.869. The van der Waals surface area contributed by atoms with Crippen LogP contribution in [0.5, 0.6) is 11.5 Å². The van der Waals surface area contributed by atoms with Gasteiger partial charge in [0.05, 0.1) is 5.69 Å². The topological polar surface area (TPSA) is 107 Å². The van der Waals surface area contributed by atoms with Gasteiger partial charge in [-0.15, -0.1) is 5.10 Å². The third-order valence-corrected chi connectivity index (χ3v) is 9.61. The number of rotatable bonds is 15. The van der Waals surface area contributed by atoms with Gasteiger partial charge in [0.2, 0.25) is 0 Å². The molecule has 0 aliphatic rings. The van der Waals surface area contributed by atoms with E-state index in [1.165, 1.54) is 0 Å². The van der Waals surface area contributed by atoms with E-state index in [9.17, 15) is 5.11 Å². The summed E-state index contributed by atoms with van der Waals surface area (Å²) in [6.07, 6.45) is -0.664. The lowest BCUT2D eigenvalue weighted by atomic mass is 9.77. The van der Waals surface area contributed by atoms with Crippen LogP contribution in [0.25, 0.3) is 22.5 Å². The molecule has 7 rings (SSSR count). The van der Waals surface area contributed by atoms with E-state index in [2.05, 4.69) is 125 Å². The molecule has 5 aromatic carbocycles. The largest absolute Gasteiger partial charge is 0.485 e. The molecule has 2 N–H and O–H groups in total. The molecule has 0 aliphatic carbocycles. The first kappa shape index (κ1) is 37.2. The molecule has 0 spiro atoms. The normalized spacial score (nSPS) is 12.1. The lowest BCUT2D eigenvalue weighted by molar-refractivity contribution is 0.101. The first-order valence-corrected chi connectivity index (χ1v) is 18.6. The summed E-state index contributed by atoms with van der Waals surface area (Å²) in [5.41, 5.74) is 7.68. The van der Waals surface area contributed by atoms with Gasteiger partial charge in [-0.25, -0.2) is 4.68 Å². The second kappa shape index (κ2) is 16.9. The highest BCUT2D eigenvalue weighted by Crippen LogP contribution is 2.43. The van der Waals surface area contributed by atoms with Crippen molar-refractivity contribution in [1.82, 2.24) is 30.5 Å². The molecule has 2 aromatic heterocycles. The van der Waals surface area contributed by atoms with Crippen molar-refractivity contribution < 1.29 is 14.6 Å². The Morgan fingerprint density at radius 2 is 1.27 bits per heavy atom. The third kappa shape index (κ3) is 8.04. The highest BCUT2D eigenvalue weighted by Gasteiger charge is 2.42. The molecule has 278 valence electrons. The molecule has 0 saturated heterocycles. The quantitative estimate of drug-likeness (QED) is 0.102. The molecule has 1 atom stereocenters. The third-order valence-electron chi connectivity index (χ3n) is 9.61. The average molecular weight is 731 g/mol. The molecule has 9 nitrogen and oxygen atoms in total. The SMILES string of the molecule is Cc1cc(OCc2ccc(-c3ccccc3-c3nnnn3C(c3ccccc3)(c3ccccc3)c3ccccc3)cc2)c(OCC(O)CNC(C)C)c(C)n1. The fourth-order valence-electron chi connectivity index (χ4n) is 7.03. The van der Waals surface area contributed by atoms with Crippen molar-refractivity contribution in [2.75, 3.05) is 13.2 Å². The fourth-order valence-corrected chi connectivity index (χ4v) is 7.03. The summed E-state index contributed by atoms with van der Waals surface area (Å²) in [6.45, 7) is 8.78. The molecule has 2 heterocycles. The number of aliphatic hydroxyl groups is 1. The van der Waals surface area contributed by atoms with Gasteiger partial charge in [-0.2, -0.15) is 0 Å². The smallest absolute Gasteiger partial charge is 0.184 e. The first-order chi connectivity index (χ1) is 26.8. The van der Waals surface area contributed by atoms with Gasteiger partial charge in [0, 0.05) is 29.9 Å². The van der Waals surface area contributed by atoms with Crippen molar-refractivity contribution >= 4 is 0 Å². The number of ether oxygens (including phenoxy) is 2.